The van der Waals surface area contributed by atoms with Gasteiger partial charge in [0, 0.05) is 17.0 Å². The number of aromatic nitrogens is 1. The molecule has 2 aromatic heterocycles. The van der Waals surface area contributed by atoms with Gasteiger partial charge in [-0.15, -0.1) is 11.3 Å². The van der Waals surface area contributed by atoms with Gasteiger partial charge in [0.2, 0.25) is 5.89 Å². The molecule has 0 fully saturated rings. The largest absolute Gasteiger partial charge is 0.441 e. The molecule has 5 nitrogen and oxygen atoms in total. The zero-order valence-corrected chi connectivity index (χ0v) is 15.0. The Morgan fingerprint density at radius 2 is 1.92 bits per heavy atom. The van der Waals surface area contributed by atoms with Crippen molar-refractivity contribution < 1.29 is 9.34 Å². The SMILES string of the molecule is Cc1oc(-c2ccccc2)nc1CCc1ccc([N+](=O)[O-])c2sccc12. The minimum absolute atomic E-state index is 0.169. The van der Waals surface area contributed by atoms with Crippen LogP contribution in [0.3, 0.4) is 0 Å². The molecule has 0 aliphatic rings. The first kappa shape index (κ1) is 16.5. The van der Waals surface area contributed by atoms with Crippen LogP contribution in [0.25, 0.3) is 21.5 Å². The highest BCUT2D eigenvalue weighted by molar-refractivity contribution is 7.17. The molecule has 2 heterocycles. The first-order valence-corrected chi connectivity index (χ1v) is 9.16. The standard InChI is InChI=1S/C20H16N2O3S/c1-13-17(21-20(25-13)15-5-3-2-4-6-15)9-7-14-8-10-18(22(23)24)19-16(14)11-12-26-19/h2-6,8,10-12H,7,9H2,1H3. The maximum atomic E-state index is 11.2. The molecule has 6 heteroatoms. The lowest BCUT2D eigenvalue weighted by Crippen LogP contribution is -1.96. The third kappa shape index (κ3) is 2.99. The van der Waals surface area contributed by atoms with Crippen LogP contribution in [0.2, 0.25) is 0 Å². The molecular weight excluding hydrogens is 348 g/mol. The smallest absolute Gasteiger partial charge is 0.287 e. The Morgan fingerprint density at radius 1 is 1.12 bits per heavy atom. The van der Waals surface area contributed by atoms with Gasteiger partial charge in [-0.05, 0) is 48.9 Å². The minimum atomic E-state index is -0.323. The normalized spacial score (nSPS) is 11.1. The highest BCUT2D eigenvalue weighted by Gasteiger charge is 2.17. The number of nitro groups is 1. The maximum absolute atomic E-state index is 11.2. The first-order valence-electron chi connectivity index (χ1n) is 8.28. The summed E-state index contributed by atoms with van der Waals surface area (Å²) >= 11 is 1.41. The van der Waals surface area contributed by atoms with E-state index in [1.165, 1.54) is 11.3 Å². The lowest BCUT2D eigenvalue weighted by atomic mass is 10.0. The maximum Gasteiger partial charge on any atom is 0.287 e. The van der Waals surface area contributed by atoms with E-state index in [2.05, 4.69) is 4.98 Å². The number of nitro benzene ring substituents is 1. The number of thiophene rings is 1. The van der Waals surface area contributed by atoms with E-state index in [1.54, 1.807) is 6.07 Å². The van der Waals surface area contributed by atoms with Gasteiger partial charge in [0.1, 0.15) is 10.5 Å². The molecule has 130 valence electrons. The quantitative estimate of drug-likeness (QED) is 0.343. The molecule has 0 amide bonds. The van der Waals surface area contributed by atoms with Crippen molar-refractivity contribution >= 4 is 27.1 Å². The van der Waals surface area contributed by atoms with Crippen molar-refractivity contribution in [1.82, 2.24) is 4.98 Å². The first-order chi connectivity index (χ1) is 12.6. The zero-order valence-electron chi connectivity index (χ0n) is 14.1. The number of nitrogens with zero attached hydrogens (tertiary/aromatic N) is 2. The molecule has 0 spiro atoms. The molecule has 0 saturated carbocycles. The van der Waals surface area contributed by atoms with Gasteiger partial charge in [-0.3, -0.25) is 10.1 Å². The van der Waals surface area contributed by atoms with E-state index in [1.807, 2.05) is 54.8 Å². The Morgan fingerprint density at radius 3 is 2.69 bits per heavy atom. The number of hydrogen-bond donors (Lipinski definition) is 0. The average Bonchev–Trinajstić information content (AvgIpc) is 3.27. The van der Waals surface area contributed by atoms with Crippen molar-refractivity contribution in [1.29, 1.82) is 0 Å². The molecule has 0 aliphatic heterocycles. The van der Waals surface area contributed by atoms with Gasteiger partial charge >= 0.3 is 0 Å². The van der Waals surface area contributed by atoms with Crippen LogP contribution in [0.5, 0.6) is 0 Å². The van der Waals surface area contributed by atoms with E-state index in [4.69, 9.17) is 4.42 Å². The minimum Gasteiger partial charge on any atom is -0.441 e. The highest BCUT2D eigenvalue weighted by atomic mass is 32.1. The summed E-state index contributed by atoms with van der Waals surface area (Å²) < 4.78 is 6.54. The second-order valence-electron chi connectivity index (χ2n) is 6.05. The van der Waals surface area contributed by atoms with Crippen LogP contribution in [0.4, 0.5) is 5.69 Å². The van der Waals surface area contributed by atoms with Crippen molar-refractivity contribution in [2.45, 2.75) is 19.8 Å². The van der Waals surface area contributed by atoms with Crippen LogP contribution in [-0.4, -0.2) is 9.91 Å². The summed E-state index contributed by atoms with van der Waals surface area (Å²) in [6, 6.07) is 15.2. The molecule has 0 radical (unpaired) electrons. The van der Waals surface area contributed by atoms with E-state index in [-0.39, 0.29) is 10.6 Å². The van der Waals surface area contributed by atoms with Gasteiger partial charge in [0.05, 0.1) is 10.6 Å². The average molecular weight is 364 g/mol. The lowest BCUT2D eigenvalue weighted by molar-refractivity contribution is -0.382. The van der Waals surface area contributed by atoms with Gasteiger partial charge in [-0.1, -0.05) is 24.3 Å². The molecule has 4 rings (SSSR count). The van der Waals surface area contributed by atoms with Crippen molar-refractivity contribution in [2.24, 2.45) is 0 Å². The molecule has 4 aromatic rings. The zero-order chi connectivity index (χ0) is 18.1. The van der Waals surface area contributed by atoms with E-state index < -0.39 is 0 Å². The van der Waals surface area contributed by atoms with E-state index >= 15 is 0 Å². The van der Waals surface area contributed by atoms with E-state index in [0.29, 0.717) is 5.89 Å². The molecule has 0 aliphatic carbocycles. The summed E-state index contributed by atoms with van der Waals surface area (Å²) in [6.45, 7) is 1.92. The fourth-order valence-corrected chi connectivity index (χ4v) is 4.01. The molecular formula is C20H16N2O3S. The predicted octanol–water partition coefficient (Wildman–Crippen LogP) is 5.56. The number of oxazole rings is 1. The molecule has 0 unspecified atom stereocenters. The number of non-ortho nitro benzene ring substituents is 1. The van der Waals surface area contributed by atoms with Crippen molar-refractivity contribution in [2.75, 3.05) is 0 Å². The van der Waals surface area contributed by atoms with Crippen LogP contribution < -0.4 is 0 Å². The van der Waals surface area contributed by atoms with E-state index in [0.717, 1.165) is 45.5 Å². The predicted molar refractivity (Wildman–Crippen MR) is 103 cm³/mol. The van der Waals surface area contributed by atoms with Crippen LogP contribution in [0, 0.1) is 17.0 Å². The molecule has 0 N–H and O–H groups in total. The number of hydrogen-bond acceptors (Lipinski definition) is 5. The second-order valence-corrected chi connectivity index (χ2v) is 6.97. The monoisotopic (exact) mass is 364 g/mol. The number of rotatable bonds is 5. The Kier molecular flexibility index (Phi) is 4.26. The summed E-state index contributed by atoms with van der Waals surface area (Å²) in [5.74, 6) is 1.44. The van der Waals surface area contributed by atoms with Gasteiger partial charge < -0.3 is 4.42 Å². The number of fused-ring (bicyclic) bond motifs is 1. The van der Waals surface area contributed by atoms with Gasteiger partial charge in [-0.2, -0.15) is 0 Å². The Balaban J connectivity index is 1.60. The Hall–Kier alpha value is -2.99. The summed E-state index contributed by atoms with van der Waals surface area (Å²) in [4.78, 5) is 15.5. The van der Waals surface area contributed by atoms with E-state index in [9.17, 15) is 10.1 Å². The highest BCUT2D eigenvalue weighted by Crippen LogP contribution is 2.33. The third-order valence-corrected chi connectivity index (χ3v) is 5.36. The summed E-state index contributed by atoms with van der Waals surface area (Å²) in [6.07, 6.45) is 1.48. The van der Waals surface area contributed by atoms with Gasteiger partial charge in [0.15, 0.2) is 0 Å². The fraction of sp³-hybridized carbons (Fsp3) is 0.150. The number of aryl methyl sites for hydroxylation is 3. The molecule has 0 bridgehead atoms. The van der Waals surface area contributed by atoms with Crippen molar-refractivity contribution in [3.63, 3.8) is 0 Å². The second kappa shape index (κ2) is 6.72. The molecule has 0 saturated heterocycles. The lowest BCUT2D eigenvalue weighted by Gasteiger charge is -2.03. The van der Waals surface area contributed by atoms with Crippen LogP contribution >= 0.6 is 11.3 Å². The van der Waals surface area contributed by atoms with Crippen LogP contribution in [-0.2, 0) is 12.8 Å². The molecule has 0 atom stereocenters. The van der Waals surface area contributed by atoms with Crippen molar-refractivity contribution in [3.8, 4) is 11.5 Å². The van der Waals surface area contributed by atoms with Gasteiger partial charge in [0.25, 0.3) is 5.69 Å². The van der Waals surface area contributed by atoms with Gasteiger partial charge in [-0.25, -0.2) is 4.98 Å². The van der Waals surface area contributed by atoms with Crippen molar-refractivity contribution in [3.05, 3.63) is 81.0 Å². The topological polar surface area (TPSA) is 69.2 Å². The van der Waals surface area contributed by atoms with Crippen LogP contribution in [0.1, 0.15) is 17.0 Å². The fourth-order valence-electron chi connectivity index (χ4n) is 3.08. The molecule has 26 heavy (non-hydrogen) atoms. The Bertz CT molecular complexity index is 1080. The Labute approximate surface area is 154 Å². The summed E-state index contributed by atoms with van der Waals surface area (Å²) in [5.41, 5.74) is 3.14. The third-order valence-electron chi connectivity index (χ3n) is 4.43. The number of benzene rings is 2. The summed E-state index contributed by atoms with van der Waals surface area (Å²) in [5, 5.41) is 14.0. The summed E-state index contributed by atoms with van der Waals surface area (Å²) in [7, 11) is 0. The van der Waals surface area contributed by atoms with Crippen LogP contribution in [0.15, 0.2) is 58.3 Å². The molecule has 2 aromatic carbocycles.